The van der Waals surface area contributed by atoms with Crippen molar-refractivity contribution in [3.63, 3.8) is 0 Å². The van der Waals surface area contributed by atoms with E-state index in [1.54, 1.807) is 6.07 Å². The molecule has 0 aromatic carbocycles. The second kappa shape index (κ2) is 8.07. The smallest absolute Gasteiger partial charge is 0.253 e. The van der Waals surface area contributed by atoms with E-state index in [0.717, 1.165) is 12.8 Å². The largest absolute Gasteiger partial charge is 0.350 e. The summed E-state index contributed by atoms with van der Waals surface area (Å²) < 4.78 is 0. The zero-order chi connectivity index (χ0) is 15.1. The third-order valence-electron chi connectivity index (χ3n) is 3.04. The minimum absolute atomic E-state index is 0.132. The standard InChI is InChI=1S/C14H23ClN4O/c1-9(2)5-4-6-10(3)18-14(20)11-7-12(15)13(19-16)17-8-11/h7-10H,4-6,16H2,1-3H3,(H,17,19)(H,18,20). The molecular formula is C14H23ClN4O. The second-order valence-electron chi connectivity index (χ2n) is 5.40. The number of hydrogen-bond acceptors (Lipinski definition) is 4. The first kappa shape index (κ1) is 16.7. The summed E-state index contributed by atoms with van der Waals surface area (Å²) in [6.45, 7) is 6.40. The fraction of sp³-hybridized carbons (Fsp3) is 0.571. The molecule has 20 heavy (non-hydrogen) atoms. The van der Waals surface area contributed by atoms with Gasteiger partial charge in [0.25, 0.3) is 5.91 Å². The van der Waals surface area contributed by atoms with E-state index in [2.05, 4.69) is 29.6 Å². The van der Waals surface area contributed by atoms with Crippen molar-refractivity contribution in [1.29, 1.82) is 0 Å². The maximum atomic E-state index is 12.0. The fourth-order valence-corrected chi connectivity index (χ4v) is 2.10. The molecule has 0 aliphatic heterocycles. The van der Waals surface area contributed by atoms with Gasteiger partial charge in [-0.05, 0) is 25.3 Å². The number of aromatic nitrogens is 1. The molecule has 0 radical (unpaired) electrons. The van der Waals surface area contributed by atoms with Crippen molar-refractivity contribution in [2.75, 3.05) is 5.43 Å². The molecule has 1 heterocycles. The van der Waals surface area contributed by atoms with Crippen molar-refractivity contribution in [3.05, 3.63) is 22.8 Å². The maximum absolute atomic E-state index is 12.0. The minimum Gasteiger partial charge on any atom is -0.350 e. The van der Waals surface area contributed by atoms with Gasteiger partial charge in [-0.3, -0.25) is 4.79 Å². The summed E-state index contributed by atoms with van der Waals surface area (Å²) in [6.07, 6.45) is 4.70. The number of rotatable bonds is 7. The topological polar surface area (TPSA) is 80.0 Å². The Morgan fingerprint density at radius 1 is 1.40 bits per heavy atom. The van der Waals surface area contributed by atoms with Crippen molar-refractivity contribution >= 4 is 23.3 Å². The van der Waals surface area contributed by atoms with E-state index in [4.69, 9.17) is 17.4 Å². The number of halogens is 1. The Morgan fingerprint density at radius 2 is 2.10 bits per heavy atom. The molecule has 5 nitrogen and oxygen atoms in total. The highest BCUT2D eigenvalue weighted by Crippen LogP contribution is 2.19. The predicted molar refractivity (Wildman–Crippen MR) is 82.7 cm³/mol. The zero-order valence-corrected chi connectivity index (χ0v) is 13.0. The van der Waals surface area contributed by atoms with Crippen molar-refractivity contribution < 1.29 is 4.79 Å². The van der Waals surface area contributed by atoms with E-state index in [1.165, 1.54) is 12.6 Å². The Kier molecular flexibility index (Phi) is 6.75. The van der Waals surface area contributed by atoms with Crippen LogP contribution in [-0.4, -0.2) is 16.9 Å². The van der Waals surface area contributed by atoms with E-state index >= 15 is 0 Å². The molecular weight excluding hydrogens is 276 g/mol. The number of hydrazine groups is 1. The number of anilines is 1. The Balaban J connectivity index is 2.51. The van der Waals surface area contributed by atoms with Gasteiger partial charge in [0, 0.05) is 12.2 Å². The quantitative estimate of drug-likeness (QED) is 0.534. The van der Waals surface area contributed by atoms with Gasteiger partial charge >= 0.3 is 0 Å². The van der Waals surface area contributed by atoms with Gasteiger partial charge in [-0.1, -0.05) is 38.3 Å². The molecule has 0 saturated carbocycles. The van der Waals surface area contributed by atoms with E-state index in [1.807, 2.05) is 6.92 Å². The van der Waals surface area contributed by atoms with Gasteiger partial charge < -0.3 is 10.7 Å². The van der Waals surface area contributed by atoms with Crippen molar-refractivity contribution in [2.24, 2.45) is 11.8 Å². The summed E-state index contributed by atoms with van der Waals surface area (Å²) in [6, 6.07) is 1.69. The van der Waals surface area contributed by atoms with Crippen LogP contribution in [0.3, 0.4) is 0 Å². The lowest BCUT2D eigenvalue weighted by atomic mass is 10.0. The van der Waals surface area contributed by atoms with E-state index in [-0.39, 0.29) is 11.9 Å². The van der Waals surface area contributed by atoms with Crippen LogP contribution in [0.25, 0.3) is 0 Å². The highest BCUT2D eigenvalue weighted by atomic mass is 35.5. The molecule has 1 amide bonds. The molecule has 6 heteroatoms. The van der Waals surface area contributed by atoms with Crippen LogP contribution in [0.4, 0.5) is 5.82 Å². The average molecular weight is 299 g/mol. The molecule has 0 fully saturated rings. The Morgan fingerprint density at radius 3 is 2.65 bits per heavy atom. The predicted octanol–water partition coefficient (Wildman–Crippen LogP) is 2.97. The first-order valence-electron chi connectivity index (χ1n) is 6.87. The van der Waals surface area contributed by atoms with Crippen molar-refractivity contribution in [1.82, 2.24) is 10.3 Å². The number of carbonyl (C=O) groups is 1. The van der Waals surface area contributed by atoms with E-state index < -0.39 is 0 Å². The molecule has 1 unspecified atom stereocenters. The fourth-order valence-electron chi connectivity index (χ4n) is 1.88. The summed E-state index contributed by atoms with van der Waals surface area (Å²) in [4.78, 5) is 16.0. The highest BCUT2D eigenvalue weighted by molar-refractivity contribution is 6.33. The minimum atomic E-state index is -0.167. The van der Waals surface area contributed by atoms with Gasteiger partial charge in [0.1, 0.15) is 0 Å². The van der Waals surface area contributed by atoms with Gasteiger partial charge in [0.2, 0.25) is 0 Å². The molecule has 1 rings (SSSR count). The molecule has 0 bridgehead atoms. The second-order valence-corrected chi connectivity index (χ2v) is 5.81. The lowest BCUT2D eigenvalue weighted by molar-refractivity contribution is 0.0937. The molecule has 4 N–H and O–H groups in total. The number of nitrogens with one attached hydrogen (secondary N) is 2. The van der Waals surface area contributed by atoms with Crippen LogP contribution < -0.4 is 16.6 Å². The third kappa shape index (κ3) is 5.35. The Labute approximate surface area is 125 Å². The van der Waals surface area contributed by atoms with Crippen LogP contribution >= 0.6 is 11.6 Å². The van der Waals surface area contributed by atoms with Crippen LogP contribution in [0.5, 0.6) is 0 Å². The number of nitrogen functional groups attached to an aromatic ring is 1. The normalized spacial score (nSPS) is 12.3. The van der Waals surface area contributed by atoms with Crippen molar-refractivity contribution in [3.8, 4) is 0 Å². The third-order valence-corrected chi connectivity index (χ3v) is 3.32. The lowest BCUT2D eigenvalue weighted by Gasteiger charge is -2.14. The lowest BCUT2D eigenvalue weighted by Crippen LogP contribution is -2.32. The number of nitrogens with zero attached hydrogens (tertiary/aromatic N) is 1. The summed E-state index contributed by atoms with van der Waals surface area (Å²) in [7, 11) is 0. The van der Waals surface area contributed by atoms with Crippen LogP contribution in [0.1, 0.15) is 50.4 Å². The van der Waals surface area contributed by atoms with E-state index in [0.29, 0.717) is 22.3 Å². The summed E-state index contributed by atoms with van der Waals surface area (Å²) in [5.41, 5.74) is 2.80. The van der Waals surface area contributed by atoms with Gasteiger partial charge in [-0.25, -0.2) is 10.8 Å². The average Bonchev–Trinajstić information content (AvgIpc) is 2.38. The number of carbonyl (C=O) groups excluding carboxylic acids is 1. The van der Waals surface area contributed by atoms with Crippen LogP contribution in [0, 0.1) is 5.92 Å². The first-order valence-corrected chi connectivity index (χ1v) is 7.24. The number of nitrogens with two attached hydrogens (primary N) is 1. The zero-order valence-electron chi connectivity index (χ0n) is 12.2. The van der Waals surface area contributed by atoms with Crippen LogP contribution in [0.15, 0.2) is 12.3 Å². The van der Waals surface area contributed by atoms with Crippen LogP contribution in [0.2, 0.25) is 5.02 Å². The molecule has 1 atom stereocenters. The number of pyridine rings is 1. The molecule has 112 valence electrons. The number of amides is 1. The monoisotopic (exact) mass is 298 g/mol. The van der Waals surface area contributed by atoms with Gasteiger partial charge in [0.15, 0.2) is 5.82 Å². The molecule has 1 aromatic heterocycles. The van der Waals surface area contributed by atoms with Crippen LogP contribution in [-0.2, 0) is 0 Å². The summed E-state index contributed by atoms with van der Waals surface area (Å²) in [5.74, 6) is 6.12. The molecule has 0 saturated heterocycles. The van der Waals surface area contributed by atoms with Crippen molar-refractivity contribution in [2.45, 2.75) is 46.1 Å². The first-order chi connectivity index (χ1) is 9.43. The van der Waals surface area contributed by atoms with Gasteiger partial charge in [-0.2, -0.15) is 0 Å². The SMILES string of the molecule is CC(C)CCCC(C)NC(=O)c1cnc(NN)c(Cl)c1. The van der Waals surface area contributed by atoms with E-state index in [9.17, 15) is 4.79 Å². The molecule has 0 spiro atoms. The highest BCUT2D eigenvalue weighted by Gasteiger charge is 2.12. The molecule has 1 aromatic rings. The Hall–Kier alpha value is -1.33. The van der Waals surface area contributed by atoms with Gasteiger partial charge in [-0.15, -0.1) is 0 Å². The van der Waals surface area contributed by atoms with Gasteiger partial charge in [0.05, 0.1) is 10.6 Å². The summed E-state index contributed by atoms with van der Waals surface area (Å²) >= 11 is 5.94. The number of hydrogen-bond donors (Lipinski definition) is 3. The maximum Gasteiger partial charge on any atom is 0.253 e. The Bertz CT molecular complexity index is 451. The molecule has 0 aliphatic rings. The molecule has 0 aliphatic carbocycles. The summed E-state index contributed by atoms with van der Waals surface area (Å²) in [5, 5.41) is 3.27.